The number of ether oxygens (including phenoxy) is 2. The molecule has 1 atom stereocenters. The van der Waals surface area contributed by atoms with Gasteiger partial charge in [0.05, 0.1) is 12.5 Å². The highest BCUT2D eigenvalue weighted by Crippen LogP contribution is 2.25. The third kappa shape index (κ3) is 6.72. The zero-order chi connectivity index (χ0) is 19.8. The molecule has 2 heterocycles. The number of hydrogen-bond acceptors (Lipinski definition) is 5. The molecule has 3 rings (SSSR count). The minimum Gasteiger partial charge on any atom is -0.474 e. The van der Waals surface area contributed by atoms with Crippen molar-refractivity contribution in [1.29, 1.82) is 0 Å². The summed E-state index contributed by atoms with van der Waals surface area (Å²) in [6.45, 7) is 4.37. The minimum absolute atomic E-state index is 0. The Labute approximate surface area is 190 Å². The van der Waals surface area contributed by atoms with Gasteiger partial charge in [-0.3, -0.25) is 9.79 Å². The number of pyridine rings is 1. The van der Waals surface area contributed by atoms with Crippen molar-refractivity contribution in [3.63, 3.8) is 0 Å². The number of aromatic nitrogens is 1. The summed E-state index contributed by atoms with van der Waals surface area (Å²) in [7, 11) is 1.77. The summed E-state index contributed by atoms with van der Waals surface area (Å²) in [6, 6.07) is 3.97. The second-order valence-corrected chi connectivity index (χ2v) is 7.43. The van der Waals surface area contributed by atoms with Crippen LogP contribution in [0.2, 0.25) is 0 Å². The van der Waals surface area contributed by atoms with E-state index in [1.54, 1.807) is 13.2 Å². The maximum atomic E-state index is 12.1. The van der Waals surface area contributed by atoms with Crippen molar-refractivity contribution in [2.24, 2.45) is 10.9 Å². The second-order valence-electron chi connectivity index (χ2n) is 7.43. The summed E-state index contributed by atoms with van der Waals surface area (Å²) in [6.07, 6.45) is 8.55. The molecule has 2 fully saturated rings. The van der Waals surface area contributed by atoms with Crippen LogP contribution in [0.1, 0.15) is 51.0 Å². The molecule has 0 radical (unpaired) electrons. The number of likely N-dealkylation sites (tertiary alicyclic amines) is 1. The Morgan fingerprint density at radius 1 is 1.31 bits per heavy atom. The lowest BCUT2D eigenvalue weighted by Crippen LogP contribution is -2.48. The molecule has 8 heteroatoms. The van der Waals surface area contributed by atoms with E-state index in [1.165, 1.54) is 12.8 Å². The van der Waals surface area contributed by atoms with Gasteiger partial charge in [0.2, 0.25) is 5.88 Å². The Balaban J connectivity index is 0.00000300. The van der Waals surface area contributed by atoms with E-state index in [1.807, 2.05) is 19.1 Å². The van der Waals surface area contributed by atoms with Crippen LogP contribution in [0.25, 0.3) is 0 Å². The van der Waals surface area contributed by atoms with Crippen LogP contribution in [0.5, 0.6) is 5.88 Å². The zero-order valence-electron chi connectivity index (χ0n) is 17.4. The molecular weight excluding hydrogens is 483 g/mol. The number of aliphatic imine (C=N–C) groups is 1. The molecule has 2 aliphatic rings. The third-order valence-electron chi connectivity index (χ3n) is 5.42. The average Bonchev–Trinajstić information content (AvgIpc) is 3.23. The lowest BCUT2D eigenvalue weighted by atomic mass is 9.98. The number of hydrogen-bond donors (Lipinski definition) is 1. The molecule has 1 N–H and O–H groups in total. The second kappa shape index (κ2) is 12.2. The van der Waals surface area contributed by atoms with E-state index in [2.05, 4.69) is 20.2 Å². The van der Waals surface area contributed by atoms with Crippen LogP contribution in [0.4, 0.5) is 0 Å². The minimum atomic E-state index is -0.109. The van der Waals surface area contributed by atoms with E-state index >= 15 is 0 Å². The van der Waals surface area contributed by atoms with E-state index in [9.17, 15) is 4.79 Å². The maximum absolute atomic E-state index is 12.1. The van der Waals surface area contributed by atoms with Gasteiger partial charge in [-0.1, -0.05) is 6.07 Å². The summed E-state index contributed by atoms with van der Waals surface area (Å²) in [5.74, 6) is 1.30. The van der Waals surface area contributed by atoms with Crippen molar-refractivity contribution in [3.05, 3.63) is 23.9 Å². The molecule has 162 valence electrons. The standard InChI is InChI=1S/C21H32N4O3.HI/c1-3-27-20(26)17-9-7-13-25(15-17)21(22-2)24-14-16-8-6-12-23-19(16)28-18-10-4-5-11-18;/h6,8,12,17-18H,3-5,7,9-11,13-15H2,1-2H3,(H,22,24);1H. The fourth-order valence-corrected chi connectivity index (χ4v) is 3.96. The first-order chi connectivity index (χ1) is 13.7. The molecule has 1 aromatic heterocycles. The average molecular weight is 516 g/mol. The van der Waals surface area contributed by atoms with Gasteiger partial charge in [-0.15, -0.1) is 24.0 Å². The zero-order valence-corrected chi connectivity index (χ0v) is 19.8. The van der Waals surface area contributed by atoms with Crippen LogP contribution in [0, 0.1) is 5.92 Å². The van der Waals surface area contributed by atoms with Crippen LogP contribution >= 0.6 is 24.0 Å². The molecule has 29 heavy (non-hydrogen) atoms. The number of carbonyl (C=O) groups is 1. The monoisotopic (exact) mass is 516 g/mol. The summed E-state index contributed by atoms with van der Waals surface area (Å²) in [4.78, 5) is 23.1. The molecule has 1 aliphatic heterocycles. The van der Waals surface area contributed by atoms with Crippen LogP contribution in [-0.2, 0) is 16.1 Å². The highest BCUT2D eigenvalue weighted by Gasteiger charge is 2.28. The van der Waals surface area contributed by atoms with Gasteiger partial charge in [0, 0.05) is 38.4 Å². The van der Waals surface area contributed by atoms with Crippen LogP contribution in [0.3, 0.4) is 0 Å². The van der Waals surface area contributed by atoms with Gasteiger partial charge in [-0.25, -0.2) is 4.98 Å². The number of guanidine groups is 1. The maximum Gasteiger partial charge on any atom is 0.310 e. The quantitative estimate of drug-likeness (QED) is 0.271. The predicted molar refractivity (Wildman–Crippen MR) is 124 cm³/mol. The smallest absolute Gasteiger partial charge is 0.310 e. The molecule has 0 spiro atoms. The lowest BCUT2D eigenvalue weighted by molar-refractivity contribution is -0.149. The highest BCUT2D eigenvalue weighted by molar-refractivity contribution is 14.0. The van der Waals surface area contributed by atoms with E-state index < -0.39 is 0 Å². The van der Waals surface area contributed by atoms with E-state index in [4.69, 9.17) is 9.47 Å². The SMILES string of the molecule is CCOC(=O)C1CCCN(C(=NC)NCc2cccnc2OC2CCCC2)C1.I. The van der Waals surface area contributed by atoms with Gasteiger partial charge in [0.15, 0.2) is 5.96 Å². The van der Waals surface area contributed by atoms with Gasteiger partial charge < -0.3 is 19.7 Å². The summed E-state index contributed by atoms with van der Waals surface area (Å²) in [5, 5.41) is 3.42. The predicted octanol–water partition coefficient (Wildman–Crippen LogP) is 3.37. The Morgan fingerprint density at radius 2 is 2.10 bits per heavy atom. The first kappa shape index (κ1) is 23.7. The molecule has 0 aromatic carbocycles. The van der Waals surface area contributed by atoms with Crippen LogP contribution in [0.15, 0.2) is 23.3 Å². The molecule has 1 saturated heterocycles. The first-order valence-electron chi connectivity index (χ1n) is 10.4. The molecular formula is C21H33IN4O3. The highest BCUT2D eigenvalue weighted by atomic mass is 127. The van der Waals surface area contributed by atoms with E-state index in [-0.39, 0.29) is 42.0 Å². The van der Waals surface area contributed by atoms with Gasteiger partial charge >= 0.3 is 5.97 Å². The Morgan fingerprint density at radius 3 is 2.83 bits per heavy atom. The number of piperidine rings is 1. The fraction of sp³-hybridized carbons (Fsp3) is 0.667. The molecule has 0 amide bonds. The van der Waals surface area contributed by atoms with Gasteiger partial charge in [0.1, 0.15) is 6.10 Å². The first-order valence-corrected chi connectivity index (χ1v) is 10.4. The summed E-state index contributed by atoms with van der Waals surface area (Å²) >= 11 is 0. The number of nitrogens with one attached hydrogen (secondary N) is 1. The fourth-order valence-electron chi connectivity index (χ4n) is 3.96. The number of esters is 1. The molecule has 7 nitrogen and oxygen atoms in total. The van der Waals surface area contributed by atoms with Crippen molar-refractivity contribution < 1.29 is 14.3 Å². The number of nitrogens with zero attached hydrogens (tertiary/aromatic N) is 3. The topological polar surface area (TPSA) is 76.0 Å². The van der Waals surface area contributed by atoms with Crippen LogP contribution < -0.4 is 10.1 Å². The Hall–Kier alpha value is -1.58. The van der Waals surface area contributed by atoms with Gasteiger partial charge in [0.25, 0.3) is 0 Å². The number of halogens is 1. The molecule has 0 bridgehead atoms. The number of carbonyl (C=O) groups excluding carboxylic acids is 1. The van der Waals surface area contributed by atoms with Crippen LogP contribution in [-0.4, -0.2) is 54.7 Å². The summed E-state index contributed by atoms with van der Waals surface area (Å²) in [5.41, 5.74) is 1.02. The molecule has 1 aromatic rings. The van der Waals surface area contributed by atoms with Gasteiger partial charge in [-0.2, -0.15) is 0 Å². The van der Waals surface area contributed by atoms with Crippen molar-refractivity contribution >= 4 is 35.9 Å². The Kier molecular flexibility index (Phi) is 9.96. The number of rotatable bonds is 6. The van der Waals surface area contributed by atoms with Gasteiger partial charge in [-0.05, 0) is 51.5 Å². The van der Waals surface area contributed by atoms with E-state index in [0.717, 1.165) is 43.8 Å². The molecule has 1 aliphatic carbocycles. The van der Waals surface area contributed by atoms with Crippen molar-refractivity contribution in [3.8, 4) is 5.88 Å². The summed E-state index contributed by atoms with van der Waals surface area (Å²) < 4.78 is 11.3. The van der Waals surface area contributed by atoms with Crippen molar-refractivity contribution in [1.82, 2.24) is 15.2 Å². The lowest BCUT2D eigenvalue weighted by Gasteiger charge is -2.34. The Bertz CT molecular complexity index is 680. The molecule has 1 saturated carbocycles. The van der Waals surface area contributed by atoms with E-state index in [0.29, 0.717) is 25.6 Å². The normalized spacial score (nSPS) is 20.1. The van der Waals surface area contributed by atoms with Crippen molar-refractivity contribution in [2.45, 2.75) is 58.1 Å². The van der Waals surface area contributed by atoms with Crippen molar-refractivity contribution in [2.75, 3.05) is 26.7 Å². The largest absolute Gasteiger partial charge is 0.474 e. The molecule has 1 unspecified atom stereocenters. The third-order valence-corrected chi connectivity index (χ3v) is 5.42.